The highest BCUT2D eigenvalue weighted by Crippen LogP contribution is 2.18. The highest BCUT2D eigenvalue weighted by Gasteiger charge is 2.18. The second-order valence-corrected chi connectivity index (χ2v) is 3.88. The van der Waals surface area contributed by atoms with Gasteiger partial charge in [-0.05, 0) is 13.3 Å². The van der Waals surface area contributed by atoms with E-state index in [4.69, 9.17) is 0 Å². The first-order chi connectivity index (χ1) is 8.49. The van der Waals surface area contributed by atoms with Crippen molar-refractivity contribution in [2.45, 2.75) is 26.3 Å². The molecule has 0 radical (unpaired) electrons. The highest BCUT2D eigenvalue weighted by atomic mass is 16.6. The van der Waals surface area contributed by atoms with Crippen LogP contribution in [-0.4, -0.2) is 28.9 Å². The number of rotatable bonds is 5. The van der Waals surface area contributed by atoms with Gasteiger partial charge in [0.15, 0.2) is 0 Å². The van der Waals surface area contributed by atoms with Crippen LogP contribution in [0.25, 0.3) is 0 Å². The second kappa shape index (κ2) is 5.95. The standard InChI is InChI=1S/C11H16N4O3/c1-4-7(2)14-11(16)9-5-8(15(17)18)6-13-10(9)12-3/h5-7H,4H2,1-3H3,(H,12,13)(H,14,16). The van der Waals surface area contributed by atoms with Crippen molar-refractivity contribution in [1.82, 2.24) is 10.3 Å². The van der Waals surface area contributed by atoms with E-state index in [0.717, 1.165) is 12.6 Å². The summed E-state index contributed by atoms with van der Waals surface area (Å²) in [6.07, 6.45) is 1.90. The minimum absolute atomic E-state index is 0.00136. The molecule has 7 nitrogen and oxygen atoms in total. The zero-order valence-corrected chi connectivity index (χ0v) is 10.6. The molecule has 2 N–H and O–H groups in total. The molecule has 1 rings (SSSR count). The van der Waals surface area contributed by atoms with E-state index in [-0.39, 0.29) is 23.2 Å². The molecule has 0 aliphatic heterocycles. The third-order valence-corrected chi connectivity index (χ3v) is 2.56. The summed E-state index contributed by atoms with van der Waals surface area (Å²) in [5.41, 5.74) is -0.0321. The van der Waals surface area contributed by atoms with Gasteiger partial charge in [0.25, 0.3) is 11.6 Å². The monoisotopic (exact) mass is 252 g/mol. The van der Waals surface area contributed by atoms with Gasteiger partial charge in [-0.3, -0.25) is 14.9 Å². The second-order valence-electron chi connectivity index (χ2n) is 3.88. The van der Waals surface area contributed by atoms with Gasteiger partial charge in [0.2, 0.25) is 0 Å². The van der Waals surface area contributed by atoms with Crippen molar-refractivity contribution in [1.29, 1.82) is 0 Å². The van der Waals surface area contributed by atoms with E-state index >= 15 is 0 Å². The summed E-state index contributed by atoms with van der Waals surface area (Å²) >= 11 is 0. The van der Waals surface area contributed by atoms with Gasteiger partial charge in [0.05, 0.1) is 10.5 Å². The van der Waals surface area contributed by atoms with Crippen molar-refractivity contribution in [3.63, 3.8) is 0 Å². The third kappa shape index (κ3) is 3.16. The van der Waals surface area contributed by atoms with Crippen LogP contribution in [0.1, 0.15) is 30.6 Å². The molecule has 1 amide bonds. The van der Waals surface area contributed by atoms with E-state index in [1.54, 1.807) is 7.05 Å². The largest absolute Gasteiger partial charge is 0.372 e. The van der Waals surface area contributed by atoms with E-state index in [9.17, 15) is 14.9 Å². The molecule has 0 saturated carbocycles. The molecule has 1 aromatic heterocycles. The summed E-state index contributed by atoms with van der Waals surface area (Å²) < 4.78 is 0. The van der Waals surface area contributed by atoms with Crippen molar-refractivity contribution >= 4 is 17.4 Å². The summed E-state index contributed by atoms with van der Waals surface area (Å²) in [5.74, 6) is -0.0497. The quantitative estimate of drug-likeness (QED) is 0.612. The van der Waals surface area contributed by atoms with Gasteiger partial charge >= 0.3 is 0 Å². The topological polar surface area (TPSA) is 97.2 Å². The molecule has 98 valence electrons. The lowest BCUT2D eigenvalue weighted by atomic mass is 10.2. The Hall–Kier alpha value is -2.18. The normalized spacial score (nSPS) is 11.7. The van der Waals surface area contributed by atoms with Crippen molar-refractivity contribution in [2.75, 3.05) is 12.4 Å². The summed E-state index contributed by atoms with van der Waals surface area (Å²) in [5, 5.41) is 16.2. The number of hydrogen-bond donors (Lipinski definition) is 2. The molecule has 0 saturated heterocycles. The number of nitro groups is 1. The first-order valence-corrected chi connectivity index (χ1v) is 5.62. The molecule has 1 heterocycles. The van der Waals surface area contributed by atoms with Gasteiger partial charge < -0.3 is 10.6 Å². The molecular formula is C11H16N4O3. The van der Waals surface area contributed by atoms with Crippen LogP contribution >= 0.6 is 0 Å². The predicted molar refractivity (Wildman–Crippen MR) is 67.7 cm³/mol. The number of aromatic nitrogens is 1. The molecule has 0 aliphatic carbocycles. The average Bonchev–Trinajstić information content (AvgIpc) is 2.37. The van der Waals surface area contributed by atoms with Gasteiger partial charge in [-0.15, -0.1) is 0 Å². The molecule has 0 spiro atoms. The Morgan fingerprint density at radius 2 is 2.28 bits per heavy atom. The molecule has 0 aromatic carbocycles. The minimum Gasteiger partial charge on any atom is -0.372 e. The minimum atomic E-state index is -0.577. The zero-order chi connectivity index (χ0) is 13.7. The smallest absolute Gasteiger partial charge is 0.288 e. The van der Waals surface area contributed by atoms with E-state index in [2.05, 4.69) is 15.6 Å². The number of anilines is 1. The lowest BCUT2D eigenvalue weighted by molar-refractivity contribution is -0.385. The lowest BCUT2D eigenvalue weighted by Crippen LogP contribution is -2.32. The maximum absolute atomic E-state index is 12.0. The van der Waals surface area contributed by atoms with Crippen LogP contribution in [0.2, 0.25) is 0 Å². The fourth-order valence-electron chi connectivity index (χ4n) is 1.33. The Bertz CT molecular complexity index is 462. The van der Waals surface area contributed by atoms with Gasteiger partial charge in [0.1, 0.15) is 12.0 Å². The summed E-state index contributed by atoms with van der Waals surface area (Å²) in [4.78, 5) is 25.9. The molecule has 0 fully saturated rings. The molecular weight excluding hydrogens is 236 g/mol. The number of hydrogen-bond acceptors (Lipinski definition) is 5. The van der Waals surface area contributed by atoms with Crippen LogP contribution in [0, 0.1) is 10.1 Å². The molecule has 0 aliphatic rings. The van der Waals surface area contributed by atoms with Crippen molar-refractivity contribution in [3.8, 4) is 0 Å². The molecule has 7 heteroatoms. The summed E-state index contributed by atoms with van der Waals surface area (Å²) in [7, 11) is 1.61. The number of pyridine rings is 1. The van der Waals surface area contributed by atoms with Crippen LogP contribution in [0.3, 0.4) is 0 Å². The van der Waals surface area contributed by atoms with Crippen LogP contribution in [-0.2, 0) is 0 Å². The number of nitrogens with zero attached hydrogens (tertiary/aromatic N) is 2. The molecule has 18 heavy (non-hydrogen) atoms. The van der Waals surface area contributed by atoms with E-state index < -0.39 is 4.92 Å². The van der Waals surface area contributed by atoms with Crippen LogP contribution in [0.4, 0.5) is 11.5 Å². The SMILES string of the molecule is CCC(C)NC(=O)c1cc([N+](=O)[O-])cnc1NC. The van der Waals surface area contributed by atoms with E-state index in [0.29, 0.717) is 5.82 Å². The Kier molecular flexibility index (Phi) is 4.59. The average molecular weight is 252 g/mol. The lowest BCUT2D eigenvalue weighted by Gasteiger charge is -2.13. The third-order valence-electron chi connectivity index (χ3n) is 2.56. The fourth-order valence-corrected chi connectivity index (χ4v) is 1.33. The van der Waals surface area contributed by atoms with Crippen LogP contribution < -0.4 is 10.6 Å². The number of nitrogens with one attached hydrogen (secondary N) is 2. The van der Waals surface area contributed by atoms with Crippen molar-refractivity contribution in [2.24, 2.45) is 0 Å². The van der Waals surface area contributed by atoms with E-state index in [1.165, 1.54) is 6.07 Å². The highest BCUT2D eigenvalue weighted by molar-refractivity contribution is 5.99. The number of carbonyl (C=O) groups excluding carboxylic acids is 1. The first kappa shape index (κ1) is 13.9. The Labute approximate surface area is 105 Å². The number of amides is 1. The maximum Gasteiger partial charge on any atom is 0.288 e. The summed E-state index contributed by atoms with van der Waals surface area (Å²) in [6.45, 7) is 3.80. The van der Waals surface area contributed by atoms with Gasteiger partial charge in [-0.1, -0.05) is 6.92 Å². The zero-order valence-electron chi connectivity index (χ0n) is 10.6. The molecule has 1 atom stereocenters. The molecule has 1 aromatic rings. The van der Waals surface area contributed by atoms with Crippen LogP contribution in [0.15, 0.2) is 12.3 Å². The van der Waals surface area contributed by atoms with Gasteiger partial charge in [-0.2, -0.15) is 0 Å². The van der Waals surface area contributed by atoms with Gasteiger partial charge in [-0.25, -0.2) is 4.98 Å². The Morgan fingerprint density at radius 1 is 1.61 bits per heavy atom. The van der Waals surface area contributed by atoms with Crippen molar-refractivity contribution < 1.29 is 9.72 Å². The molecule has 0 bridgehead atoms. The predicted octanol–water partition coefficient (Wildman–Crippen LogP) is 1.56. The molecule has 1 unspecified atom stereocenters. The fraction of sp³-hybridized carbons (Fsp3) is 0.455. The Morgan fingerprint density at radius 3 is 2.78 bits per heavy atom. The van der Waals surface area contributed by atoms with Gasteiger partial charge in [0, 0.05) is 19.2 Å². The van der Waals surface area contributed by atoms with Crippen LogP contribution in [0.5, 0.6) is 0 Å². The summed E-state index contributed by atoms with van der Waals surface area (Å²) in [6, 6.07) is 1.22. The first-order valence-electron chi connectivity index (χ1n) is 5.62. The Balaban J connectivity index is 3.07. The number of carbonyl (C=O) groups is 1. The van der Waals surface area contributed by atoms with Crippen molar-refractivity contribution in [3.05, 3.63) is 27.9 Å². The van der Waals surface area contributed by atoms with E-state index in [1.807, 2.05) is 13.8 Å². The maximum atomic E-state index is 12.0.